The Kier molecular flexibility index (Phi) is 2.67. The van der Waals surface area contributed by atoms with E-state index in [0.717, 1.165) is 15.8 Å². The maximum atomic E-state index is 5.69. The minimum Gasteiger partial charge on any atom is -0.437 e. The molecule has 0 unspecified atom stereocenters. The molecule has 0 aliphatic carbocycles. The zero-order valence-electron chi connectivity index (χ0n) is 9.41. The van der Waals surface area contributed by atoms with E-state index in [1.165, 1.54) is 4.63 Å². The first-order valence-corrected chi connectivity index (χ1v) is 6.01. The highest BCUT2D eigenvalue weighted by Crippen LogP contribution is 2.26. The van der Waals surface area contributed by atoms with Gasteiger partial charge in [-0.1, -0.05) is 15.9 Å². The van der Waals surface area contributed by atoms with Gasteiger partial charge in [0, 0.05) is 10.5 Å². The molecule has 0 atom stereocenters. The van der Waals surface area contributed by atoms with E-state index in [1.54, 1.807) is 12.1 Å². The number of fused-ring (bicyclic) bond motifs is 1. The Labute approximate surface area is 111 Å². The van der Waals surface area contributed by atoms with Crippen molar-refractivity contribution >= 4 is 21.6 Å². The summed E-state index contributed by atoms with van der Waals surface area (Å²) in [6.07, 6.45) is 0. The highest BCUT2D eigenvalue weighted by molar-refractivity contribution is 9.10. The van der Waals surface area contributed by atoms with Gasteiger partial charge in [0.25, 0.3) is 0 Å². The first-order chi connectivity index (χ1) is 8.72. The molecule has 0 N–H and O–H groups in total. The van der Waals surface area contributed by atoms with E-state index in [9.17, 15) is 0 Å². The van der Waals surface area contributed by atoms with E-state index in [4.69, 9.17) is 4.74 Å². The molecule has 7 heteroatoms. The van der Waals surface area contributed by atoms with Crippen molar-refractivity contribution in [3.8, 4) is 11.6 Å². The summed E-state index contributed by atoms with van der Waals surface area (Å²) >= 11 is 3.41. The van der Waals surface area contributed by atoms with Crippen molar-refractivity contribution < 1.29 is 4.74 Å². The smallest absolute Gasteiger partial charge is 0.239 e. The van der Waals surface area contributed by atoms with Crippen molar-refractivity contribution in [1.29, 1.82) is 0 Å². The maximum absolute atomic E-state index is 5.69. The summed E-state index contributed by atoms with van der Waals surface area (Å²) in [5.41, 5.74) is 1.60. The number of hydrogen-bond acceptors (Lipinski definition) is 5. The predicted molar refractivity (Wildman–Crippen MR) is 67.5 cm³/mol. The first kappa shape index (κ1) is 11.1. The largest absolute Gasteiger partial charge is 0.437 e. The Balaban J connectivity index is 1.95. The summed E-state index contributed by atoms with van der Waals surface area (Å²) in [6.45, 7) is 1.97. The molecule has 3 aromatic rings. The summed E-state index contributed by atoms with van der Waals surface area (Å²) in [7, 11) is 0. The second kappa shape index (κ2) is 4.34. The maximum Gasteiger partial charge on any atom is 0.239 e. The minimum atomic E-state index is 0.445. The van der Waals surface area contributed by atoms with Gasteiger partial charge in [0.15, 0.2) is 5.65 Å². The molecule has 90 valence electrons. The van der Waals surface area contributed by atoms with Crippen LogP contribution >= 0.6 is 15.9 Å². The quantitative estimate of drug-likeness (QED) is 0.727. The molecule has 0 aliphatic heterocycles. The Morgan fingerprint density at radius 2 is 2.11 bits per heavy atom. The standard InChI is InChI=1S/C11H8BrN5O/c1-7-6-8(12)2-3-9(7)18-11-5-4-10-13-15-16-17(10)14-11/h2-6H,1H3. The van der Waals surface area contributed by atoms with Crippen LogP contribution in [0.15, 0.2) is 34.8 Å². The van der Waals surface area contributed by atoms with Crippen LogP contribution in [-0.2, 0) is 0 Å². The van der Waals surface area contributed by atoms with Crippen molar-refractivity contribution in [2.24, 2.45) is 0 Å². The average molecular weight is 306 g/mol. The van der Waals surface area contributed by atoms with Crippen molar-refractivity contribution in [2.45, 2.75) is 6.92 Å². The van der Waals surface area contributed by atoms with Crippen LogP contribution in [0.2, 0.25) is 0 Å². The van der Waals surface area contributed by atoms with Crippen LogP contribution in [0, 0.1) is 6.92 Å². The summed E-state index contributed by atoms with van der Waals surface area (Å²) in [5, 5.41) is 15.1. The number of halogens is 1. The minimum absolute atomic E-state index is 0.445. The molecular weight excluding hydrogens is 298 g/mol. The number of nitrogens with zero attached hydrogens (tertiary/aromatic N) is 5. The van der Waals surface area contributed by atoms with Gasteiger partial charge in [0.1, 0.15) is 5.75 Å². The predicted octanol–water partition coefficient (Wildman–Crippen LogP) is 2.38. The van der Waals surface area contributed by atoms with Gasteiger partial charge < -0.3 is 4.74 Å². The second-order valence-corrected chi connectivity index (χ2v) is 4.63. The van der Waals surface area contributed by atoms with Gasteiger partial charge >= 0.3 is 0 Å². The van der Waals surface area contributed by atoms with E-state index < -0.39 is 0 Å². The molecule has 0 bridgehead atoms. The lowest BCUT2D eigenvalue weighted by Gasteiger charge is -2.07. The third-order valence-corrected chi connectivity index (χ3v) is 2.89. The molecule has 0 saturated heterocycles. The summed E-state index contributed by atoms with van der Waals surface area (Å²) < 4.78 is 8.03. The van der Waals surface area contributed by atoms with Gasteiger partial charge in [-0.15, -0.1) is 14.8 Å². The van der Waals surface area contributed by atoms with Crippen LogP contribution in [0.4, 0.5) is 0 Å². The molecule has 0 amide bonds. The van der Waals surface area contributed by atoms with Crippen molar-refractivity contribution in [3.05, 3.63) is 40.4 Å². The fourth-order valence-corrected chi connectivity index (χ4v) is 2.00. The number of rotatable bonds is 2. The summed E-state index contributed by atoms with van der Waals surface area (Å²) in [4.78, 5) is 0. The zero-order chi connectivity index (χ0) is 12.5. The molecule has 18 heavy (non-hydrogen) atoms. The van der Waals surface area contributed by atoms with E-state index in [1.807, 2.05) is 25.1 Å². The van der Waals surface area contributed by atoms with Crippen LogP contribution < -0.4 is 4.74 Å². The van der Waals surface area contributed by atoms with Gasteiger partial charge in [-0.05, 0) is 47.2 Å². The number of benzene rings is 1. The highest BCUT2D eigenvalue weighted by Gasteiger charge is 2.05. The lowest BCUT2D eigenvalue weighted by Crippen LogP contribution is -1.97. The van der Waals surface area contributed by atoms with E-state index in [0.29, 0.717) is 11.5 Å². The molecule has 0 fully saturated rings. The molecule has 2 heterocycles. The molecule has 0 saturated carbocycles. The average Bonchev–Trinajstić information content (AvgIpc) is 2.80. The normalized spacial score (nSPS) is 10.8. The van der Waals surface area contributed by atoms with Gasteiger partial charge in [0.2, 0.25) is 5.88 Å². The summed E-state index contributed by atoms with van der Waals surface area (Å²) in [6, 6.07) is 9.25. The molecular formula is C11H8BrN5O. The van der Waals surface area contributed by atoms with Gasteiger partial charge in [-0.25, -0.2) is 0 Å². The Morgan fingerprint density at radius 1 is 1.22 bits per heavy atom. The zero-order valence-corrected chi connectivity index (χ0v) is 11.0. The Hall–Kier alpha value is -2.02. The fourth-order valence-electron chi connectivity index (χ4n) is 1.53. The fraction of sp³-hybridized carbons (Fsp3) is 0.0909. The van der Waals surface area contributed by atoms with Crippen molar-refractivity contribution in [1.82, 2.24) is 25.3 Å². The van der Waals surface area contributed by atoms with Gasteiger partial charge in [-0.3, -0.25) is 0 Å². The van der Waals surface area contributed by atoms with Crippen LogP contribution in [0.1, 0.15) is 5.56 Å². The number of aromatic nitrogens is 5. The molecule has 2 aromatic heterocycles. The van der Waals surface area contributed by atoms with Crippen molar-refractivity contribution in [2.75, 3.05) is 0 Å². The number of aryl methyl sites for hydroxylation is 1. The van der Waals surface area contributed by atoms with Crippen molar-refractivity contribution in [3.63, 3.8) is 0 Å². The number of tetrazole rings is 1. The first-order valence-electron chi connectivity index (χ1n) is 5.22. The van der Waals surface area contributed by atoms with E-state index in [2.05, 4.69) is 36.6 Å². The number of hydrogen-bond donors (Lipinski definition) is 0. The third kappa shape index (κ3) is 2.04. The monoisotopic (exact) mass is 305 g/mol. The van der Waals surface area contributed by atoms with Crippen LogP contribution in [0.5, 0.6) is 11.6 Å². The topological polar surface area (TPSA) is 65.2 Å². The molecule has 3 rings (SSSR count). The lowest BCUT2D eigenvalue weighted by atomic mass is 10.2. The number of ether oxygens (including phenoxy) is 1. The van der Waals surface area contributed by atoms with E-state index in [-0.39, 0.29) is 0 Å². The third-order valence-electron chi connectivity index (χ3n) is 2.40. The van der Waals surface area contributed by atoms with Crippen LogP contribution in [0.3, 0.4) is 0 Å². The lowest BCUT2D eigenvalue weighted by molar-refractivity contribution is 0.444. The molecule has 6 nitrogen and oxygen atoms in total. The SMILES string of the molecule is Cc1cc(Br)ccc1Oc1ccc2nnnn2n1. The molecule has 0 radical (unpaired) electrons. The van der Waals surface area contributed by atoms with Gasteiger partial charge in [-0.2, -0.15) is 0 Å². The molecule has 0 spiro atoms. The summed E-state index contributed by atoms with van der Waals surface area (Å²) in [5.74, 6) is 1.19. The Bertz CT molecular complexity index is 711. The van der Waals surface area contributed by atoms with E-state index >= 15 is 0 Å². The Morgan fingerprint density at radius 3 is 2.94 bits per heavy atom. The molecule has 0 aliphatic rings. The molecule has 1 aromatic carbocycles. The van der Waals surface area contributed by atoms with Crippen LogP contribution in [0.25, 0.3) is 5.65 Å². The second-order valence-electron chi connectivity index (χ2n) is 3.71. The highest BCUT2D eigenvalue weighted by atomic mass is 79.9. The van der Waals surface area contributed by atoms with Crippen LogP contribution in [-0.4, -0.2) is 25.3 Å². The van der Waals surface area contributed by atoms with Gasteiger partial charge in [0.05, 0.1) is 0 Å².